The van der Waals surface area contributed by atoms with Crippen LogP contribution in [0.1, 0.15) is 18.4 Å². The van der Waals surface area contributed by atoms with Gasteiger partial charge in [-0.25, -0.2) is 12.4 Å². The van der Waals surface area contributed by atoms with Gasteiger partial charge in [-0.15, -0.1) is 0 Å². The first-order chi connectivity index (χ1) is 6.33. The van der Waals surface area contributed by atoms with Gasteiger partial charge in [0, 0.05) is 11.7 Å². The van der Waals surface area contributed by atoms with Gasteiger partial charge in [-0.1, -0.05) is 0 Å². The molecular weight excluding hydrogens is 268 g/mol. The van der Waals surface area contributed by atoms with Crippen molar-refractivity contribution in [2.75, 3.05) is 6.26 Å². The third kappa shape index (κ3) is 1.62. The maximum Gasteiger partial charge on any atom is 0.236 e. The number of nitrogens with zero attached hydrogens (tertiary/aromatic N) is 1. The van der Waals surface area contributed by atoms with Gasteiger partial charge < -0.3 is 5.73 Å². The molecule has 0 bridgehead atoms. The number of halogens is 1. The highest BCUT2D eigenvalue weighted by Crippen LogP contribution is 2.43. The van der Waals surface area contributed by atoms with E-state index in [1.54, 1.807) is 12.3 Å². The third-order valence-electron chi connectivity index (χ3n) is 2.46. The molecule has 1 saturated carbocycles. The number of rotatable bonds is 2. The van der Waals surface area contributed by atoms with Crippen molar-refractivity contribution in [1.82, 2.24) is 3.97 Å². The Morgan fingerprint density at radius 1 is 1.57 bits per heavy atom. The van der Waals surface area contributed by atoms with Gasteiger partial charge in [-0.3, -0.25) is 0 Å². The first kappa shape index (κ1) is 10.2. The number of aromatic nitrogens is 1. The quantitative estimate of drug-likeness (QED) is 0.878. The van der Waals surface area contributed by atoms with Gasteiger partial charge in [0.1, 0.15) is 0 Å². The number of hydrogen-bond donors (Lipinski definition) is 1. The molecule has 0 radical (unpaired) electrons. The van der Waals surface area contributed by atoms with Crippen molar-refractivity contribution in [3.8, 4) is 0 Å². The van der Waals surface area contributed by atoms with E-state index in [1.807, 2.05) is 0 Å². The van der Waals surface area contributed by atoms with Crippen molar-refractivity contribution in [3.05, 3.63) is 22.4 Å². The molecule has 6 heteroatoms. The molecule has 14 heavy (non-hydrogen) atoms. The fourth-order valence-electron chi connectivity index (χ4n) is 1.37. The van der Waals surface area contributed by atoms with Crippen LogP contribution in [0.3, 0.4) is 0 Å². The average Bonchev–Trinajstić information content (AvgIpc) is 2.61. The summed E-state index contributed by atoms with van der Waals surface area (Å²) in [7, 11) is -3.23. The minimum atomic E-state index is -3.23. The Hall–Kier alpha value is -0.330. The Bertz CT molecular complexity index is 474. The molecule has 0 saturated heterocycles. The largest absolute Gasteiger partial charge is 0.321 e. The second-order valence-electron chi connectivity index (χ2n) is 3.77. The van der Waals surface area contributed by atoms with Crippen LogP contribution in [0.2, 0.25) is 0 Å². The molecule has 4 nitrogen and oxygen atoms in total. The summed E-state index contributed by atoms with van der Waals surface area (Å²) in [5.74, 6) is 0. The van der Waals surface area contributed by atoms with Crippen LogP contribution in [0.5, 0.6) is 0 Å². The summed E-state index contributed by atoms with van der Waals surface area (Å²) in [6.45, 7) is 0. The molecule has 1 aliphatic rings. The van der Waals surface area contributed by atoms with Crippen LogP contribution in [-0.2, 0) is 15.6 Å². The van der Waals surface area contributed by atoms with Crippen molar-refractivity contribution in [3.63, 3.8) is 0 Å². The number of nitrogens with two attached hydrogens (primary N) is 1. The Morgan fingerprint density at radius 2 is 2.14 bits per heavy atom. The lowest BCUT2D eigenvalue weighted by Gasteiger charge is -2.03. The van der Waals surface area contributed by atoms with Gasteiger partial charge in [-0.05, 0) is 40.4 Å². The molecule has 0 aromatic carbocycles. The van der Waals surface area contributed by atoms with Crippen molar-refractivity contribution in [2.24, 2.45) is 5.73 Å². The van der Waals surface area contributed by atoms with E-state index in [4.69, 9.17) is 5.73 Å². The second kappa shape index (κ2) is 2.84. The summed E-state index contributed by atoms with van der Waals surface area (Å²) in [6.07, 6.45) is 4.60. The molecule has 1 aromatic heterocycles. The summed E-state index contributed by atoms with van der Waals surface area (Å²) in [5, 5.41) is 0. The van der Waals surface area contributed by atoms with Crippen molar-refractivity contribution < 1.29 is 8.42 Å². The van der Waals surface area contributed by atoms with Crippen molar-refractivity contribution in [2.45, 2.75) is 18.4 Å². The zero-order valence-corrected chi connectivity index (χ0v) is 10.1. The SMILES string of the molecule is CS(=O)(=O)n1cc(C2(N)CC2)cc1Br. The molecule has 1 heterocycles. The lowest BCUT2D eigenvalue weighted by atomic mass is 10.1. The van der Waals surface area contributed by atoms with Gasteiger partial charge in [0.05, 0.1) is 10.9 Å². The van der Waals surface area contributed by atoms with E-state index in [9.17, 15) is 8.42 Å². The van der Waals surface area contributed by atoms with Crippen LogP contribution in [-0.4, -0.2) is 18.6 Å². The fourth-order valence-corrected chi connectivity index (χ4v) is 3.18. The normalized spacial score (nSPS) is 19.6. The number of hydrogen-bond acceptors (Lipinski definition) is 3. The van der Waals surface area contributed by atoms with E-state index in [0.29, 0.717) is 4.60 Å². The third-order valence-corrected chi connectivity index (χ3v) is 4.32. The van der Waals surface area contributed by atoms with E-state index < -0.39 is 10.0 Å². The van der Waals surface area contributed by atoms with Crippen LogP contribution in [0.15, 0.2) is 16.9 Å². The highest BCUT2D eigenvalue weighted by atomic mass is 79.9. The minimum Gasteiger partial charge on any atom is -0.321 e. The monoisotopic (exact) mass is 278 g/mol. The summed E-state index contributed by atoms with van der Waals surface area (Å²) in [4.78, 5) is 0. The van der Waals surface area contributed by atoms with Crippen LogP contribution in [0, 0.1) is 0 Å². The van der Waals surface area contributed by atoms with Crippen LogP contribution < -0.4 is 5.73 Å². The van der Waals surface area contributed by atoms with Gasteiger partial charge in [0.2, 0.25) is 10.0 Å². The molecule has 2 N–H and O–H groups in total. The van der Waals surface area contributed by atoms with E-state index in [2.05, 4.69) is 15.9 Å². The van der Waals surface area contributed by atoms with Gasteiger partial charge in [0.15, 0.2) is 0 Å². The van der Waals surface area contributed by atoms with E-state index >= 15 is 0 Å². The van der Waals surface area contributed by atoms with Gasteiger partial charge in [-0.2, -0.15) is 0 Å². The van der Waals surface area contributed by atoms with E-state index in [-0.39, 0.29) is 5.54 Å². The Morgan fingerprint density at radius 3 is 2.50 bits per heavy atom. The predicted octanol–water partition coefficient (Wildman–Crippen LogP) is 1.01. The molecule has 1 fully saturated rings. The zero-order valence-electron chi connectivity index (χ0n) is 7.70. The Labute approximate surface area is 91.3 Å². The summed E-state index contributed by atoms with van der Waals surface area (Å²) in [6, 6.07) is 1.77. The maximum absolute atomic E-state index is 11.3. The highest BCUT2D eigenvalue weighted by Gasteiger charge is 2.41. The molecule has 0 spiro atoms. The Balaban J connectivity index is 2.50. The molecule has 0 aliphatic heterocycles. The predicted molar refractivity (Wildman–Crippen MR) is 57.5 cm³/mol. The van der Waals surface area contributed by atoms with E-state index in [1.165, 1.54) is 3.97 Å². The van der Waals surface area contributed by atoms with Crippen molar-refractivity contribution >= 4 is 26.0 Å². The fraction of sp³-hybridized carbons (Fsp3) is 0.500. The molecule has 0 atom stereocenters. The smallest absolute Gasteiger partial charge is 0.236 e. The van der Waals surface area contributed by atoms with Gasteiger partial charge >= 0.3 is 0 Å². The highest BCUT2D eigenvalue weighted by molar-refractivity contribution is 9.10. The standard InChI is InChI=1S/C8H11BrN2O2S/c1-14(12,13)11-5-6(4-7(11)9)8(10)2-3-8/h4-5H,2-3,10H2,1H3. The topological polar surface area (TPSA) is 65.1 Å². The van der Waals surface area contributed by atoms with Crippen LogP contribution >= 0.6 is 15.9 Å². The van der Waals surface area contributed by atoms with Gasteiger partial charge in [0.25, 0.3) is 0 Å². The summed E-state index contributed by atoms with van der Waals surface area (Å²) >= 11 is 3.20. The van der Waals surface area contributed by atoms with E-state index in [0.717, 1.165) is 24.7 Å². The molecule has 78 valence electrons. The Kier molecular flexibility index (Phi) is 2.06. The van der Waals surface area contributed by atoms with Crippen LogP contribution in [0.4, 0.5) is 0 Å². The molecule has 1 aliphatic carbocycles. The lowest BCUT2D eigenvalue weighted by Crippen LogP contribution is -2.18. The molecule has 0 unspecified atom stereocenters. The minimum absolute atomic E-state index is 0.293. The van der Waals surface area contributed by atoms with Crippen molar-refractivity contribution in [1.29, 1.82) is 0 Å². The average molecular weight is 279 g/mol. The van der Waals surface area contributed by atoms with Crippen LogP contribution in [0.25, 0.3) is 0 Å². The first-order valence-corrected chi connectivity index (χ1v) is 6.85. The first-order valence-electron chi connectivity index (χ1n) is 4.21. The zero-order chi connectivity index (χ0) is 10.6. The lowest BCUT2D eigenvalue weighted by molar-refractivity contribution is 0.592. The summed E-state index contributed by atoms with van der Waals surface area (Å²) < 4.78 is 24.4. The summed E-state index contributed by atoms with van der Waals surface area (Å²) in [5.41, 5.74) is 6.56. The molecule has 1 aromatic rings. The molecule has 0 amide bonds. The molecule has 2 rings (SSSR count). The second-order valence-corrected chi connectivity index (χ2v) is 6.44. The molecular formula is C8H11BrN2O2S. The maximum atomic E-state index is 11.3.